The first-order valence-corrected chi connectivity index (χ1v) is 10.2. The average Bonchev–Trinajstić information content (AvgIpc) is 2.60. The van der Waals surface area contributed by atoms with Crippen LogP contribution in [0.25, 0.3) is 0 Å². The zero-order valence-electron chi connectivity index (χ0n) is 16.5. The molecule has 0 aromatic rings. The Morgan fingerprint density at radius 3 is 1.92 bits per heavy atom. The number of unbranched alkanes of at least 4 members (excludes halogenated alkanes) is 9. The van der Waals surface area contributed by atoms with Crippen LogP contribution in [0.5, 0.6) is 0 Å². The summed E-state index contributed by atoms with van der Waals surface area (Å²) in [6.45, 7) is 4.72. The number of ketones is 1. The summed E-state index contributed by atoms with van der Waals surface area (Å²) in [5, 5.41) is 0. The summed E-state index contributed by atoms with van der Waals surface area (Å²) in [7, 11) is 0. The Bertz CT molecular complexity index is 361. The van der Waals surface area contributed by atoms with E-state index in [2.05, 4.69) is 6.92 Å². The van der Waals surface area contributed by atoms with E-state index in [-0.39, 0.29) is 12.4 Å². The van der Waals surface area contributed by atoms with E-state index in [4.69, 9.17) is 16.2 Å². The number of nitrogens with two attached hydrogens (primary N) is 2. The highest BCUT2D eigenvalue weighted by molar-refractivity contribution is 6.08. The van der Waals surface area contributed by atoms with Crippen molar-refractivity contribution in [1.82, 2.24) is 0 Å². The molecule has 0 fully saturated rings. The lowest BCUT2D eigenvalue weighted by Gasteiger charge is -2.25. The summed E-state index contributed by atoms with van der Waals surface area (Å²) in [5.41, 5.74) is 10.2. The standard InChI is InChI=1S/C20H40N2O3/c1-3-5-6-7-8-9-10-11-12-15-18(23)20(22,16-13-14-17-21)19(24)25-4-2/h3-17,21-22H2,1-2H3/t20-/m1/s1. The molecule has 0 spiro atoms. The van der Waals surface area contributed by atoms with Gasteiger partial charge >= 0.3 is 5.97 Å². The highest BCUT2D eigenvalue weighted by Gasteiger charge is 2.41. The van der Waals surface area contributed by atoms with Gasteiger partial charge in [0.25, 0.3) is 0 Å². The highest BCUT2D eigenvalue weighted by atomic mass is 16.5. The van der Waals surface area contributed by atoms with E-state index in [1.165, 1.54) is 38.5 Å². The van der Waals surface area contributed by atoms with Crippen molar-refractivity contribution in [2.24, 2.45) is 11.5 Å². The van der Waals surface area contributed by atoms with Gasteiger partial charge in [0.1, 0.15) is 0 Å². The molecule has 0 aromatic carbocycles. The van der Waals surface area contributed by atoms with Gasteiger partial charge in [-0.15, -0.1) is 0 Å². The normalized spacial score (nSPS) is 13.4. The average molecular weight is 357 g/mol. The number of esters is 1. The number of carbonyl (C=O) groups is 2. The molecule has 0 aromatic heterocycles. The van der Waals surface area contributed by atoms with E-state index in [0.29, 0.717) is 25.8 Å². The Hall–Kier alpha value is -0.940. The first-order chi connectivity index (χ1) is 12.0. The van der Waals surface area contributed by atoms with Gasteiger partial charge in [0, 0.05) is 6.42 Å². The van der Waals surface area contributed by atoms with Crippen LogP contribution < -0.4 is 11.5 Å². The van der Waals surface area contributed by atoms with Crippen molar-refractivity contribution in [2.75, 3.05) is 13.2 Å². The van der Waals surface area contributed by atoms with Gasteiger partial charge in [-0.1, -0.05) is 58.3 Å². The van der Waals surface area contributed by atoms with E-state index in [9.17, 15) is 9.59 Å². The Balaban J connectivity index is 4.14. The maximum atomic E-state index is 12.5. The van der Waals surface area contributed by atoms with Gasteiger partial charge in [0.05, 0.1) is 6.61 Å². The molecule has 0 heterocycles. The second-order valence-corrected chi connectivity index (χ2v) is 6.94. The minimum absolute atomic E-state index is 0.189. The fourth-order valence-corrected chi connectivity index (χ4v) is 2.98. The second-order valence-electron chi connectivity index (χ2n) is 6.94. The molecule has 5 nitrogen and oxygen atoms in total. The van der Waals surface area contributed by atoms with Crippen LogP contribution in [0, 0.1) is 0 Å². The number of carbonyl (C=O) groups excluding carboxylic acids is 2. The van der Waals surface area contributed by atoms with Crippen LogP contribution in [-0.2, 0) is 14.3 Å². The summed E-state index contributed by atoms with van der Waals surface area (Å²) in [5.74, 6) is -0.779. The molecule has 0 bridgehead atoms. The van der Waals surface area contributed by atoms with Crippen molar-refractivity contribution in [3.8, 4) is 0 Å². The van der Waals surface area contributed by atoms with Crippen molar-refractivity contribution in [3.05, 3.63) is 0 Å². The van der Waals surface area contributed by atoms with E-state index in [1.807, 2.05) is 0 Å². The lowest BCUT2D eigenvalue weighted by Crippen LogP contribution is -2.55. The zero-order valence-corrected chi connectivity index (χ0v) is 16.5. The number of Topliss-reactive ketones (excluding diaryl/α,β-unsaturated/α-hetero) is 1. The SMILES string of the molecule is CCCCCCCCCCCC(=O)[C@](N)(CCCCN)C(=O)OCC. The number of ether oxygens (including phenoxy) is 1. The summed E-state index contributed by atoms with van der Waals surface area (Å²) in [6, 6.07) is 0. The highest BCUT2D eigenvalue weighted by Crippen LogP contribution is 2.19. The molecular weight excluding hydrogens is 316 g/mol. The third-order valence-electron chi connectivity index (χ3n) is 4.67. The molecule has 0 saturated carbocycles. The third kappa shape index (κ3) is 10.6. The molecule has 0 amide bonds. The molecule has 1 atom stereocenters. The molecule has 0 rings (SSSR count). The predicted octanol–water partition coefficient (Wildman–Crippen LogP) is 3.87. The fourth-order valence-electron chi connectivity index (χ4n) is 2.98. The van der Waals surface area contributed by atoms with Gasteiger partial charge in [-0.2, -0.15) is 0 Å². The number of hydrogen-bond acceptors (Lipinski definition) is 5. The van der Waals surface area contributed by atoms with Crippen LogP contribution in [0.3, 0.4) is 0 Å². The minimum Gasteiger partial charge on any atom is -0.464 e. The number of hydrogen-bond donors (Lipinski definition) is 2. The maximum absolute atomic E-state index is 12.5. The van der Waals surface area contributed by atoms with Gasteiger partial charge in [-0.25, -0.2) is 4.79 Å². The van der Waals surface area contributed by atoms with Crippen molar-refractivity contribution < 1.29 is 14.3 Å². The van der Waals surface area contributed by atoms with E-state index in [1.54, 1.807) is 6.92 Å². The van der Waals surface area contributed by atoms with Crippen molar-refractivity contribution in [1.29, 1.82) is 0 Å². The molecule has 25 heavy (non-hydrogen) atoms. The Labute approximate surface area is 154 Å². The fraction of sp³-hybridized carbons (Fsp3) is 0.900. The Kier molecular flexibility index (Phi) is 14.7. The second kappa shape index (κ2) is 15.3. The Morgan fingerprint density at radius 1 is 0.840 bits per heavy atom. The lowest BCUT2D eigenvalue weighted by molar-refractivity contribution is -0.154. The van der Waals surface area contributed by atoms with Crippen molar-refractivity contribution >= 4 is 11.8 Å². The molecule has 4 N–H and O–H groups in total. The van der Waals surface area contributed by atoms with E-state index >= 15 is 0 Å². The summed E-state index contributed by atoms with van der Waals surface area (Å²) in [4.78, 5) is 24.7. The number of rotatable bonds is 17. The molecule has 0 aliphatic heterocycles. The molecular formula is C20H40N2O3. The van der Waals surface area contributed by atoms with Crippen LogP contribution >= 0.6 is 0 Å². The predicted molar refractivity (Wildman–Crippen MR) is 103 cm³/mol. The first-order valence-electron chi connectivity index (χ1n) is 10.2. The van der Waals surface area contributed by atoms with Gasteiger partial charge in [-0.3, -0.25) is 4.79 Å². The van der Waals surface area contributed by atoms with Gasteiger partial charge in [-0.05, 0) is 39.2 Å². The van der Waals surface area contributed by atoms with Crippen molar-refractivity contribution in [2.45, 2.75) is 103 Å². The first kappa shape index (κ1) is 24.1. The topological polar surface area (TPSA) is 95.4 Å². The van der Waals surface area contributed by atoms with Gasteiger partial charge in [0.2, 0.25) is 0 Å². The molecule has 0 aliphatic rings. The largest absolute Gasteiger partial charge is 0.464 e. The zero-order chi connectivity index (χ0) is 19.0. The molecule has 148 valence electrons. The third-order valence-corrected chi connectivity index (χ3v) is 4.67. The molecule has 5 heteroatoms. The minimum atomic E-state index is -1.49. The molecule has 0 unspecified atom stereocenters. The van der Waals surface area contributed by atoms with Crippen LogP contribution in [-0.4, -0.2) is 30.4 Å². The molecule has 0 radical (unpaired) electrons. The Morgan fingerprint density at radius 2 is 1.40 bits per heavy atom. The van der Waals surface area contributed by atoms with Crippen LogP contribution in [0.4, 0.5) is 0 Å². The maximum Gasteiger partial charge on any atom is 0.333 e. The van der Waals surface area contributed by atoms with Crippen LogP contribution in [0.2, 0.25) is 0 Å². The summed E-state index contributed by atoms with van der Waals surface area (Å²) in [6.07, 6.45) is 12.8. The lowest BCUT2D eigenvalue weighted by atomic mass is 9.86. The summed E-state index contributed by atoms with van der Waals surface area (Å²) < 4.78 is 5.03. The summed E-state index contributed by atoms with van der Waals surface area (Å²) >= 11 is 0. The molecule has 0 saturated heterocycles. The molecule has 0 aliphatic carbocycles. The van der Waals surface area contributed by atoms with Gasteiger partial charge < -0.3 is 16.2 Å². The monoisotopic (exact) mass is 356 g/mol. The van der Waals surface area contributed by atoms with E-state index < -0.39 is 11.5 Å². The van der Waals surface area contributed by atoms with Crippen molar-refractivity contribution in [3.63, 3.8) is 0 Å². The van der Waals surface area contributed by atoms with Crippen LogP contribution in [0.15, 0.2) is 0 Å². The quantitative estimate of drug-likeness (QED) is 0.234. The van der Waals surface area contributed by atoms with E-state index in [0.717, 1.165) is 25.7 Å². The van der Waals surface area contributed by atoms with Gasteiger partial charge in [0.15, 0.2) is 11.3 Å². The van der Waals surface area contributed by atoms with Crippen LogP contribution in [0.1, 0.15) is 97.3 Å². The smallest absolute Gasteiger partial charge is 0.333 e.